The highest BCUT2D eigenvalue weighted by molar-refractivity contribution is 5.91. The van der Waals surface area contributed by atoms with Gasteiger partial charge in [0.1, 0.15) is 18.8 Å². The summed E-state index contributed by atoms with van der Waals surface area (Å²) in [5, 5.41) is 11.8. The molecule has 0 saturated carbocycles. The first-order valence-electron chi connectivity index (χ1n) is 11.4. The molecular formula is C23H32N6O4. The zero-order valence-electron chi connectivity index (χ0n) is 19.1. The van der Waals surface area contributed by atoms with Gasteiger partial charge in [-0.1, -0.05) is 43.7 Å². The van der Waals surface area contributed by atoms with Crippen LogP contribution < -0.4 is 5.73 Å². The average Bonchev–Trinajstić information content (AvgIpc) is 2.79. The molecule has 0 radical (unpaired) electrons. The Kier molecular flexibility index (Phi) is 8.63. The Bertz CT molecular complexity index is 873. The Labute approximate surface area is 194 Å². The summed E-state index contributed by atoms with van der Waals surface area (Å²) in [7, 11) is 0. The molecule has 3 rings (SSSR count). The third-order valence-corrected chi connectivity index (χ3v) is 5.94. The van der Waals surface area contributed by atoms with E-state index >= 15 is 0 Å². The Morgan fingerprint density at radius 3 is 2.61 bits per heavy atom. The summed E-state index contributed by atoms with van der Waals surface area (Å²) in [6, 6.07) is 9.93. The molecule has 10 heteroatoms. The highest BCUT2D eigenvalue weighted by atomic mass is 16.5. The summed E-state index contributed by atoms with van der Waals surface area (Å²) in [5.74, 6) is -0.459. The van der Waals surface area contributed by atoms with Crippen molar-refractivity contribution >= 4 is 17.8 Å². The Morgan fingerprint density at radius 1 is 1.21 bits per heavy atom. The zero-order chi connectivity index (χ0) is 23.8. The number of carbonyl (C=O) groups excluding carboxylic acids is 3. The molecule has 2 saturated heterocycles. The Hall–Kier alpha value is -3.16. The number of hydrazine groups is 1. The van der Waals surface area contributed by atoms with E-state index in [0.717, 1.165) is 18.4 Å². The van der Waals surface area contributed by atoms with Crippen LogP contribution in [0.2, 0.25) is 0 Å². The molecule has 2 aliphatic rings. The fraction of sp³-hybridized carbons (Fsp3) is 0.565. The molecule has 2 fully saturated rings. The number of nitriles is 1. The van der Waals surface area contributed by atoms with Crippen LogP contribution in [-0.2, 0) is 20.7 Å². The van der Waals surface area contributed by atoms with Gasteiger partial charge in [-0.2, -0.15) is 10.3 Å². The molecule has 4 amide bonds. The van der Waals surface area contributed by atoms with Crippen molar-refractivity contribution in [1.82, 2.24) is 19.8 Å². The van der Waals surface area contributed by atoms with Gasteiger partial charge in [0.05, 0.1) is 19.2 Å². The molecule has 0 aliphatic carbocycles. The third-order valence-electron chi connectivity index (χ3n) is 5.94. The van der Waals surface area contributed by atoms with Crippen LogP contribution in [0.15, 0.2) is 30.3 Å². The minimum Gasteiger partial charge on any atom is -0.381 e. The number of rotatable bonds is 10. The normalized spacial score (nSPS) is 21.2. The molecule has 2 N–H and O–H groups in total. The number of nitrogens with two attached hydrogens (primary N) is 1. The number of ether oxygens (including phenoxy) is 1. The fourth-order valence-electron chi connectivity index (χ4n) is 4.38. The standard InChI is InChI=1S/C23H32N6O4/c1-2-3-13-33-14-7-11-26-16-20-28(19(22(26)31)15-18-8-5-4-6-9-18)21(30)17-27(12-10-24)29(20)23(25)32/h4-6,8-9,19-20H,2-3,7,11-17H2,1H3,(H2,25,32)/t19-,20?/m0/s1. The maximum Gasteiger partial charge on any atom is 0.331 e. The Morgan fingerprint density at radius 2 is 1.94 bits per heavy atom. The van der Waals surface area contributed by atoms with E-state index in [0.29, 0.717) is 32.6 Å². The maximum absolute atomic E-state index is 13.5. The van der Waals surface area contributed by atoms with E-state index in [1.165, 1.54) is 14.9 Å². The summed E-state index contributed by atoms with van der Waals surface area (Å²) in [6.45, 7) is 3.55. The van der Waals surface area contributed by atoms with Gasteiger partial charge >= 0.3 is 6.03 Å². The predicted octanol–water partition coefficient (Wildman–Crippen LogP) is 0.936. The van der Waals surface area contributed by atoms with Crippen LogP contribution in [0.5, 0.6) is 0 Å². The number of hydrogen-bond donors (Lipinski definition) is 1. The molecular weight excluding hydrogens is 424 g/mol. The number of unbranched alkanes of at least 4 members (excludes halogenated alkanes) is 1. The first-order chi connectivity index (χ1) is 16.0. The van der Waals surface area contributed by atoms with Crippen molar-refractivity contribution in [3.63, 3.8) is 0 Å². The number of primary amides is 1. The van der Waals surface area contributed by atoms with Crippen LogP contribution in [0.4, 0.5) is 4.79 Å². The molecule has 0 bridgehead atoms. The average molecular weight is 457 g/mol. The van der Waals surface area contributed by atoms with E-state index in [-0.39, 0.29) is 31.4 Å². The van der Waals surface area contributed by atoms with E-state index in [1.807, 2.05) is 36.4 Å². The lowest BCUT2D eigenvalue weighted by molar-refractivity contribution is -0.188. The number of amides is 4. The molecule has 1 aromatic rings. The minimum atomic E-state index is -0.761. The van der Waals surface area contributed by atoms with E-state index in [9.17, 15) is 19.6 Å². The van der Waals surface area contributed by atoms with Gasteiger partial charge in [0.25, 0.3) is 0 Å². The van der Waals surface area contributed by atoms with Crippen molar-refractivity contribution in [2.45, 2.75) is 44.8 Å². The van der Waals surface area contributed by atoms with Gasteiger partial charge in [-0.25, -0.2) is 9.80 Å². The monoisotopic (exact) mass is 456 g/mol. The van der Waals surface area contributed by atoms with Crippen molar-refractivity contribution in [2.24, 2.45) is 5.73 Å². The van der Waals surface area contributed by atoms with E-state index in [2.05, 4.69) is 6.92 Å². The van der Waals surface area contributed by atoms with Gasteiger partial charge in [-0.3, -0.25) is 9.59 Å². The molecule has 2 heterocycles. The predicted molar refractivity (Wildman–Crippen MR) is 120 cm³/mol. The van der Waals surface area contributed by atoms with Crippen LogP contribution in [0.1, 0.15) is 31.7 Å². The molecule has 178 valence electrons. The second kappa shape index (κ2) is 11.6. The molecule has 0 aromatic heterocycles. The van der Waals surface area contributed by atoms with Crippen LogP contribution in [0.25, 0.3) is 0 Å². The van der Waals surface area contributed by atoms with Crippen LogP contribution in [0.3, 0.4) is 0 Å². The quantitative estimate of drug-likeness (QED) is 0.413. The number of piperazine rings is 1. The molecule has 1 aromatic carbocycles. The number of benzene rings is 1. The van der Waals surface area contributed by atoms with Crippen molar-refractivity contribution < 1.29 is 19.1 Å². The summed E-state index contributed by atoms with van der Waals surface area (Å²) in [5.41, 5.74) is 6.58. The van der Waals surface area contributed by atoms with Crippen LogP contribution >= 0.6 is 0 Å². The van der Waals surface area contributed by atoms with E-state index < -0.39 is 18.2 Å². The first-order valence-corrected chi connectivity index (χ1v) is 11.4. The van der Waals surface area contributed by atoms with Gasteiger partial charge < -0.3 is 20.3 Å². The number of fused-ring (bicyclic) bond motifs is 1. The summed E-state index contributed by atoms with van der Waals surface area (Å²) < 4.78 is 5.62. The van der Waals surface area contributed by atoms with Crippen LogP contribution in [0, 0.1) is 11.3 Å². The van der Waals surface area contributed by atoms with Crippen molar-refractivity contribution in [3.8, 4) is 6.07 Å². The summed E-state index contributed by atoms with van der Waals surface area (Å²) in [6.07, 6.45) is 2.26. The topological polar surface area (TPSA) is 123 Å². The number of hydrogen-bond acceptors (Lipinski definition) is 6. The van der Waals surface area contributed by atoms with Gasteiger partial charge in [0.15, 0.2) is 0 Å². The van der Waals surface area contributed by atoms with Gasteiger partial charge in [0.2, 0.25) is 11.8 Å². The molecule has 10 nitrogen and oxygen atoms in total. The van der Waals surface area contributed by atoms with E-state index in [4.69, 9.17) is 10.5 Å². The Balaban J connectivity index is 1.84. The second-order valence-corrected chi connectivity index (χ2v) is 8.25. The highest BCUT2D eigenvalue weighted by Gasteiger charge is 2.50. The fourth-order valence-corrected chi connectivity index (χ4v) is 4.38. The van der Waals surface area contributed by atoms with Crippen molar-refractivity contribution in [2.75, 3.05) is 39.4 Å². The van der Waals surface area contributed by atoms with Crippen molar-refractivity contribution in [3.05, 3.63) is 35.9 Å². The third kappa shape index (κ3) is 5.80. The second-order valence-electron chi connectivity index (χ2n) is 8.25. The van der Waals surface area contributed by atoms with Gasteiger partial charge in [-0.15, -0.1) is 0 Å². The highest BCUT2D eigenvalue weighted by Crippen LogP contribution is 2.28. The lowest BCUT2D eigenvalue weighted by atomic mass is 9.98. The molecule has 2 atom stereocenters. The number of nitrogens with zero attached hydrogens (tertiary/aromatic N) is 5. The largest absolute Gasteiger partial charge is 0.381 e. The smallest absolute Gasteiger partial charge is 0.331 e. The lowest BCUT2D eigenvalue weighted by Crippen LogP contribution is -2.76. The maximum atomic E-state index is 13.5. The van der Waals surface area contributed by atoms with Gasteiger partial charge in [0, 0.05) is 26.2 Å². The molecule has 1 unspecified atom stereocenters. The zero-order valence-corrected chi connectivity index (χ0v) is 19.1. The molecule has 0 spiro atoms. The SMILES string of the molecule is CCCCOCCCN1CC2N(C(=O)CN(CC#N)N2C(N)=O)[C@@H](Cc2ccccc2)C1=O. The molecule has 33 heavy (non-hydrogen) atoms. The molecule has 2 aliphatic heterocycles. The summed E-state index contributed by atoms with van der Waals surface area (Å²) in [4.78, 5) is 42.1. The summed E-state index contributed by atoms with van der Waals surface area (Å²) >= 11 is 0. The number of urea groups is 1. The minimum absolute atomic E-state index is 0.135. The lowest BCUT2D eigenvalue weighted by Gasteiger charge is -2.54. The van der Waals surface area contributed by atoms with Gasteiger partial charge in [-0.05, 0) is 18.4 Å². The first kappa shape index (κ1) is 24.5. The van der Waals surface area contributed by atoms with Crippen LogP contribution in [-0.4, -0.2) is 89.3 Å². The number of carbonyl (C=O) groups is 3. The van der Waals surface area contributed by atoms with E-state index in [1.54, 1.807) is 4.90 Å². The van der Waals surface area contributed by atoms with Crippen molar-refractivity contribution in [1.29, 1.82) is 5.26 Å².